The number of hydrogen-bond acceptors (Lipinski definition) is 4. The normalized spacial score (nSPS) is 16.4. The van der Waals surface area contributed by atoms with Crippen LogP contribution in [-0.4, -0.2) is 30.5 Å². The zero-order chi connectivity index (χ0) is 20.3. The molecule has 2 aromatic rings. The minimum absolute atomic E-state index is 0.175. The van der Waals surface area contributed by atoms with Gasteiger partial charge in [-0.15, -0.1) is 0 Å². The number of fused-ring (bicyclic) bond motifs is 1. The predicted molar refractivity (Wildman–Crippen MR) is 113 cm³/mol. The second kappa shape index (κ2) is 8.97. The number of carbonyl (C=O) groups is 2. The van der Waals surface area contributed by atoms with Crippen molar-refractivity contribution in [2.24, 2.45) is 5.92 Å². The van der Waals surface area contributed by atoms with Crippen molar-refractivity contribution in [3.05, 3.63) is 39.5 Å². The van der Waals surface area contributed by atoms with Crippen LogP contribution in [-0.2, 0) is 16.0 Å². The Labute approximate surface area is 174 Å². The third-order valence-electron chi connectivity index (χ3n) is 4.61. The van der Waals surface area contributed by atoms with E-state index in [2.05, 4.69) is 28.1 Å². The average Bonchev–Trinajstić information content (AvgIpc) is 3.27. The molecule has 2 N–H and O–H groups in total. The third kappa shape index (κ3) is 5.06. The lowest BCUT2D eigenvalue weighted by atomic mass is 10.0. The summed E-state index contributed by atoms with van der Waals surface area (Å²) >= 11 is 8.07. The van der Waals surface area contributed by atoms with Crippen LogP contribution >= 0.6 is 22.9 Å². The Bertz CT molecular complexity index is 852. The molecule has 150 valence electrons. The molecule has 3 rings (SSSR count). The van der Waals surface area contributed by atoms with Gasteiger partial charge in [-0.3, -0.25) is 9.59 Å². The smallest absolute Gasteiger partial charge is 0.242 e. The van der Waals surface area contributed by atoms with Crippen LogP contribution in [0, 0.1) is 5.92 Å². The van der Waals surface area contributed by atoms with Crippen LogP contribution in [0.4, 0.5) is 0 Å². The Morgan fingerprint density at radius 3 is 2.75 bits per heavy atom. The van der Waals surface area contributed by atoms with E-state index < -0.39 is 6.04 Å². The molecule has 0 spiro atoms. The zero-order valence-corrected chi connectivity index (χ0v) is 17.8. The fraction of sp³-hybridized carbons (Fsp3) is 0.429. The summed E-state index contributed by atoms with van der Waals surface area (Å²) < 4.78 is 5.97. The molecular formula is C21H25ClN2O3S. The molecule has 2 atom stereocenters. The lowest BCUT2D eigenvalue weighted by molar-refractivity contribution is -0.128. The molecule has 0 radical (unpaired) electrons. The Morgan fingerprint density at radius 2 is 2.11 bits per heavy atom. The first-order valence-corrected chi connectivity index (χ1v) is 10.7. The average molecular weight is 421 g/mol. The van der Waals surface area contributed by atoms with Gasteiger partial charge in [-0.2, -0.15) is 11.3 Å². The van der Waals surface area contributed by atoms with Gasteiger partial charge >= 0.3 is 0 Å². The van der Waals surface area contributed by atoms with Crippen molar-refractivity contribution in [2.45, 2.75) is 45.8 Å². The summed E-state index contributed by atoms with van der Waals surface area (Å²) in [6, 6.07) is 5.55. The summed E-state index contributed by atoms with van der Waals surface area (Å²) in [5.74, 6) is 0.594. The topological polar surface area (TPSA) is 67.4 Å². The number of rotatable bonds is 7. The maximum absolute atomic E-state index is 12.5. The molecule has 0 saturated heterocycles. The number of amides is 2. The van der Waals surface area contributed by atoms with Crippen molar-refractivity contribution in [3.8, 4) is 16.9 Å². The van der Waals surface area contributed by atoms with Gasteiger partial charge in [0.15, 0.2) is 0 Å². The highest BCUT2D eigenvalue weighted by Gasteiger charge is 2.28. The number of nitrogens with one attached hydrogen (secondary N) is 2. The highest BCUT2D eigenvalue weighted by Crippen LogP contribution is 2.39. The summed E-state index contributed by atoms with van der Waals surface area (Å²) in [6.45, 7) is 5.83. The van der Waals surface area contributed by atoms with Gasteiger partial charge < -0.3 is 15.4 Å². The van der Waals surface area contributed by atoms with Crippen molar-refractivity contribution < 1.29 is 14.3 Å². The zero-order valence-electron chi connectivity index (χ0n) is 16.3. The van der Waals surface area contributed by atoms with E-state index >= 15 is 0 Å². The van der Waals surface area contributed by atoms with Gasteiger partial charge in [-0.05, 0) is 52.4 Å². The Balaban J connectivity index is 1.62. The summed E-state index contributed by atoms with van der Waals surface area (Å²) in [6.07, 6.45) is 1.10. The van der Waals surface area contributed by atoms with E-state index in [1.54, 1.807) is 11.3 Å². The molecule has 0 aliphatic carbocycles. The van der Waals surface area contributed by atoms with Crippen LogP contribution in [0.15, 0.2) is 29.0 Å². The van der Waals surface area contributed by atoms with E-state index in [9.17, 15) is 9.59 Å². The van der Waals surface area contributed by atoms with Crippen LogP contribution in [0.2, 0.25) is 5.02 Å². The van der Waals surface area contributed by atoms with Crippen molar-refractivity contribution in [2.75, 3.05) is 6.54 Å². The van der Waals surface area contributed by atoms with E-state index in [0.29, 0.717) is 36.1 Å². The minimum Gasteiger partial charge on any atom is -0.486 e. The largest absolute Gasteiger partial charge is 0.486 e. The molecule has 5 nitrogen and oxygen atoms in total. The molecule has 0 bridgehead atoms. The maximum Gasteiger partial charge on any atom is 0.242 e. The summed E-state index contributed by atoms with van der Waals surface area (Å²) in [5, 5.41) is 10.3. The van der Waals surface area contributed by atoms with Crippen LogP contribution in [0.5, 0.6) is 5.75 Å². The molecule has 2 amide bonds. The van der Waals surface area contributed by atoms with Crippen LogP contribution < -0.4 is 15.4 Å². The molecule has 0 fully saturated rings. The Kier molecular flexibility index (Phi) is 6.62. The van der Waals surface area contributed by atoms with Crippen LogP contribution in [0.25, 0.3) is 11.1 Å². The first-order chi connectivity index (χ1) is 13.3. The Hall–Kier alpha value is -2.05. The molecule has 1 aliphatic heterocycles. The first kappa shape index (κ1) is 20.7. The number of halogens is 1. The lowest BCUT2D eigenvalue weighted by Gasteiger charge is -2.20. The van der Waals surface area contributed by atoms with Gasteiger partial charge in [0, 0.05) is 18.9 Å². The van der Waals surface area contributed by atoms with Crippen molar-refractivity contribution in [3.63, 3.8) is 0 Å². The molecule has 2 heterocycles. The highest BCUT2D eigenvalue weighted by atomic mass is 35.5. The SMILES string of the molecule is CC(=O)N[C@@H](CC(C)C)C(=O)NC[C@H]1Cc2cc(-c3ccsc3)cc(Cl)c2O1. The molecule has 0 unspecified atom stereocenters. The molecule has 1 aromatic carbocycles. The van der Waals surface area contributed by atoms with E-state index in [4.69, 9.17) is 16.3 Å². The molecule has 1 aromatic heterocycles. The van der Waals surface area contributed by atoms with Gasteiger partial charge in [-0.1, -0.05) is 25.4 Å². The monoisotopic (exact) mass is 420 g/mol. The molecule has 28 heavy (non-hydrogen) atoms. The second-order valence-corrected chi connectivity index (χ2v) is 8.72. The number of benzene rings is 1. The van der Waals surface area contributed by atoms with Crippen LogP contribution in [0.3, 0.4) is 0 Å². The fourth-order valence-electron chi connectivity index (χ4n) is 3.38. The summed E-state index contributed by atoms with van der Waals surface area (Å²) in [4.78, 5) is 23.9. The van der Waals surface area contributed by atoms with E-state index in [0.717, 1.165) is 16.7 Å². The second-order valence-electron chi connectivity index (χ2n) is 7.53. The van der Waals surface area contributed by atoms with Crippen molar-refractivity contribution >= 4 is 34.8 Å². The predicted octanol–water partition coefficient (Wildman–Crippen LogP) is 4.04. The van der Waals surface area contributed by atoms with Gasteiger partial charge in [0.1, 0.15) is 17.9 Å². The molecular weight excluding hydrogens is 396 g/mol. The van der Waals surface area contributed by atoms with E-state index in [1.165, 1.54) is 6.92 Å². The quantitative estimate of drug-likeness (QED) is 0.710. The highest BCUT2D eigenvalue weighted by molar-refractivity contribution is 7.08. The van der Waals surface area contributed by atoms with E-state index in [1.807, 2.05) is 25.3 Å². The standard InChI is InChI=1S/C21H25ClN2O3S/c1-12(2)6-19(24-13(3)25)21(26)23-10-17-8-16-7-15(14-4-5-28-11-14)9-18(22)20(16)27-17/h4-5,7,9,11-12,17,19H,6,8,10H2,1-3H3,(H,23,26)(H,24,25)/t17-,19+/m1/s1. The summed E-state index contributed by atoms with van der Waals surface area (Å²) in [7, 11) is 0. The number of carbonyl (C=O) groups excluding carboxylic acids is 2. The first-order valence-electron chi connectivity index (χ1n) is 9.40. The van der Waals surface area contributed by atoms with E-state index in [-0.39, 0.29) is 17.9 Å². The van der Waals surface area contributed by atoms with Crippen molar-refractivity contribution in [1.82, 2.24) is 10.6 Å². The number of thiophene rings is 1. The Morgan fingerprint density at radius 1 is 1.32 bits per heavy atom. The molecule has 7 heteroatoms. The van der Waals surface area contributed by atoms with Gasteiger partial charge in [0.2, 0.25) is 11.8 Å². The van der Waals surface area contributed by atoms with Gasteiger partial charge in [0.25, 0.3) is 0 Å². The van der Waals surface area contributed by atoms with Gasteiger partial charge in [-0.25, -0.2) is 0 Å². The third-order valence-corrected chi connectivity index (χ3v) is 5.58. The molecule has 1 aliphatic rings. The number of ether oxygens (including phenoxy) is 1. The lowest BCUT2D eigenvalue weighted by Crippen LogP contribution is -2.48. The summed E-state index contributed by atoms with van der Waals surface area (Å²) in [5.41, 5.74) is 3.26. The number of hydrogen-bond donors (Lipinski definition) is 2. The minimum atomic E-state index is -0.532. The molecule has 0 saturated carbocycles. The van der Waals surface area contributed by atoms with Crippen molar-refractivity contribution in [1.29, 1.82) is 0 Å². The fourth-order valence-corrected chi connectivity index (χ4v) is 4.33. The van der Waals surface area contributed by atoms with Crippen LogP contribution in [0.1, 0.15) is 32.8 Å². The maximum atomic E-state index is 12.5. The van der Waals surface area contributed by atoms with Gasteiger partial charge in [0.05, 0.1) is 11.6 Å².